The summed E-state index contributed by atoms with van der Waals surface area (Å²) in [7, 11) is 0. The lowest BCUT2D eigenvalue weighted by Crippen LogP contribution is -2.29. The van der Waals surface area contributed by atoms with Crippen LogP contribution in [0.3, 0.4) is 0 Å². The number of halogens is 1. The first-order chi connectivity index (χ1) is 8.49. The zero-order valence-electron chi connectivity index (χ0n) is 10.8. The van der Waals surface area contributed by atoms with Gasteiger partial charge in [-0.2, -0.15) is 0 Å². The Morgan fingerprint density at radius 1 is 1.44 bits per heavy atom. The maximum absolute atomic E-state index is 13.1. The minimum Gasteiger partial charge on any atom is -0.358 e. The Kier molecular flexibility index (Phi) is 3.48. The van der Waals surface area contributed by atoms with Gasteiger partial charge in [0.15, 0.2) is 5.78 Å². The second-order valence-corrected chi connectivity index (χ2v) is 4.77. The van der Waals surface area contributed by atoms with Crippen LogP contribution in [0.2, 0.25) is 0 Å². The molecule has 2 rings (SSSR count). The minimum absolute atomic E-state index is 0.0269. The number of aromatic nitrogens is 1. The number of aryl methyl sites for hydroxylation is 1. The van der Waals surface area contributed by atoms with Gasteiger partial charge in [-0.05, 0) is 25.1 Å². The number of fused-ring (bicyclic) bond motifs is 1. The number of ketones is 1. The Labute approximate surface area is 105 Å². The van der Waals surface area contributed by atoms with Gasteiger partial charge >= 0.3 is 0 Å². The predicted molar refractivity (Wildman–Crippen MR) is 70.5 cm³/mol. The molecule has 0 amide bonds. The fourth-order valence-electron chi connectivity index (χ4n) is 2.05. The van der Waals surface area contributed by atoms with E-state index in [0.717, 1.165) is 11.1 Å². The van der Waals surface area contributed by atoms with E-state index in [1.807, 2.05) is 20.8 Å². The molecule has 96 valence electrons. The molecule has 2 aromatic rings. The molecule has 0 bridgehead atoms. The molecule has 1 aromatic carbocycles. The first-order valence-corrected chi connectivity index (χ1v) is 6.03. The van der Waals surface area contributed by atoms with Gasteiger partial charge < -0.3 is 10.3 Å². The summed E-state index contributed by atoms with van der Waals surface area (Å²) >= 11 is 0. The van der Waals surface area contributed by atoms with Gasteiger partial charge in [-0.25, -0.2) is 4.39 Å². The van der Waals surface area contributed by atoms with Crippen molar-refractivity contribution in [2.45, 2.75) is 26.8 Å². The van der Waals surface area contributed by atoms with E-state index in [4.69, 9.17) is 0 Å². The van der Waals surface area contributed by atoms with E-state index in [2.05, 4.69) is 10.3 Å². The molecule has 0 radical (unpaired) electrons. The van der Waals surface area contributed by atoms with Gasteiger partial charge in [-0.15, -0.1) is 0 Å². The van der Waals surface area contributed by atoms with Gasteiger partial charge in [-0.3, -0.25) is 4.79 Å². The molecule has 0 fully saturated rings. The molecule has 0 atom stereocenters. The topological polar surface area (TPSA) is 44.9 Å². The molecule has 0 spiro atoms. The number of rotatable bonds is 4. The van der Waals surface area contributed by atoms with Crippen LogP contribution in [-0.4, -0.2) is 23.4 Å². The van der Waals surface area contributed by atoms with Crippen molar-refractivity contribution in [2.24, 2.45) is 0 Å². The third-order valence-electron chi connectivity index (χ3n) is 2.90. The number of nitrogens with one attached hydrogen (secondary N) is 2. The molecule has 0 aliphatic rings. The number of aromatic amines is 1. The lowest BCUT2D eigenvalue weighted by atomic mass is 10.1. The zero-order valence-corrected chi connectivity index (χ0v) is 10.8. The first-order valence-electron chi connectivity index (χ1n) is 6.03. The third-order valence-corrected chi connectivity index (χ3v) is 2.90. The quantitative estimate of drug-likeness (QED) is 0.817. The summed E-state index contributed by atoms with van der Waals surface area (Å²) < 4.78 is 13.1. The molecular formula is C14H17FN2O. The van der Waals surface area contributed by atoms with Gasteiger partial charge in [0.05, 0.1) is 6.54 Å². The van der Waals surface area contributed by atoms with E-state index in [1.165, 1.54) is 12.1 Å². The number of Topliss-reactive ketones (excluding diaryl/α,β-unsaturated/α-hetero) is 1. The van der Waals surface area contributed by atoms with Crippen LogP contribution in [-0.2, 0) is 0 Å². The van der Waals surface area contributed by atoms with Crippen LogP contribution < -0.4 is 5.32 Å². The van der Waals surface area contributed by atoms with Crippen LogP contribution in [0.1, 0.15) is 29.9 Å². The predicted octanol–water partition coefficient (Wildman–Crippen LogP) is 2.80. The third kappa shape index (κ3) is 2.43. The Bertz CT molecular complexity index is 587. The lowest BCUT2D eigenvalue weighted by Gasteiger charge is -2.07. The highest BCUT2D eigenvalue weighted by Gasteiger charge is 2.16. The summed E-state index contributed by atoms with van der Waals surface area (Å²) in [6.45, 7) is 6.11. The second-order valence-electron chi connectivity index (χ2n) is 4.77. The van der Waals surface area contributed by atoms with E-state index in [9.17, 15) is 9.18 Å². The Morgan fingerprint density at radius 2 is 2.17 bits per heavy atom. The van der Waals surface area contributed by atoms with Crippen LogP contribution in [0.5, 0.6) is 0 Å². The number of benzene rings is 1. The van der Waals surface area contributed by atoms with Crippen LogP contribution in [0.15, 0.2) is 18.2 Å². The lowest BCUT2D eigenvalue weighted by molar-refractivity contribution is 0.0989. The molecule has 0 saturated heterocycles. The number of carbonyl (C=O) groups is 1. The smallest absolute Gasteiger partial charge is 0.179 e. The summed E-state index contributed by atoms with van der Waals surface area (Å²) in [6, 6.07) is 4.70. The number of H-pyrrole nitrogens is 1. The standard InChI is InChI=1S/C14H17FN2O/c1-8(2)16-7-13(18)14-9(3)17-12-6-10(15)4-5-11(12)14/h4-6,8,16-17H,7H2,1-3H3. The van der Waals surface area contributed by atoms with Gasteiger partial charge in [-0.1, -0.05) is 13.8 Å². The van der Waals surface area contributed by atoms with Crippen LogP contribution in [0.4, 0.5) is 4.39 Å². The van der Waals surface area contributed by atoms with Crippen LogP contribution in [0, 0.1) is 12.7 Å². The SMILES string of the molecule is Cc1[nH]c2cc(F)ccc2c1C(=O)CNC(C)C. The van der Waals surface area contributed by atoms with Crippen molar-refractivity contribution in [3.05, 3.63) is 35.3 Å². The Balaban J connectivity index is 2.38. The number of hydrogen-bond donors (Lipinski definition) is 2. The zero-order chi connectivity index (χ0) is 13.3. The summed E-state index contributed by atoms with van der Waals surface area (Å²) in [6.07, 6.45) is 0. The molecule has 0 aliphatic carbocycles. The summed E-state index contributed by atoms with van der Waals surface area (Å²) in [5.41, 5.74) is 2.10. The monoisotopic (exact) mass is 248 g/mol. The van der Waals surface area contributed by atoms with E-state index in [1.54, 1.807) is 6.07 Å². The van der Waals surface area contributed by atoms with Crippen molar-refractivity contribution in [3.63, 3.8) is 0 Å². The molecule has 2 N–H and O–H groups in total. The minimum atomic E-state index is -0.303. The first kappa shape index (κ1) is 12.8. The van der Waals surface area contributed by atoms with Gasteiger partial charge in [0.1, 0.15) is 5.82 Å². The molecule has 1 heterocycles. The van der Waals surface area contributed by atoms with Crippen molar-refractivity contribution in [3.8, 4) is 0 Å². The molecule has 0 aliphatic heterocycles. The number of hydrogen-bond acceptors (Lipinski definition) is 2. The Hall–Kier alpha value is -1.68. The van der Waals surface area contributed by atoms with E-state index < -0.39 is 0 Å². The highest BCUT2D eigenvalue weighted by atomic mass is 19.1. The molecule has 4 heteroatoms. The highest BCUT2D eigenvalue weighted by Crippen LogP contribution is 2.23. The Morgan fingerprint density at radius 3 is 2.83 bits per heavy atom. The summed E-state index contributed by atoms with van der Waals surface area (Å²) in [5.74, 6) is -0.276. The average Bonchev–Trinajstić information content (AvgIpc) is 2.61. The van der Waals surface area contributed by atoms with E-state index in [0.29, 0.717) is 17.6 Å². The fraction of sp³-hybridized carbons (Fsp3) is 0.357. The maximum Gasteiger partial charge on any atom is 0.179 e. The maximum atomic E-state index is 13.1. The second kappa shape index (κ2) is 4.90. The fourth-order valence-corrected chi connectivity index (χ4v) is 2.05. The molecule has 0 saturated carbocycles. The van der Waals surface area contributed by atoms with Crippen molar-refractivity contribution in [2.75, 3.05) is 6.54 Å². The average molecular weight is 248 g/mol. The normalized spacial score (nSPS) is 11.4. The van der Waals surface area contributed by atoms with E-state index in [-0.39, 0.29) is 17.6 Å². The summed E-state index contributed by atoms with van der Waals surface area (Å²) in [5, 5.41) is 3.88. The molecule has 3 nitrogen and oxygen atoms in total. The molecule has 0 unspecified atom stereocenters. The van der Waals surface area contributed by atoms with Crippen molar-refractivity contribution in [1.29, 1.82) is 0 Å². The highest BCUT2D eigenvalue weighted by molar-refractivity contribution is 6.10. The molecule has 1 aromatic heterocycles. The van der Waals surface area contributed by atoms with Crippen molar-refractivity contribution in [1.82, 2.24) is 10.3 Å². The molecule has 18 heavy (non-hydrogen) atoms. The van der Waals surface area contributed by atoms with Gasteiger partial charge in [0, 0.05) is 28.2 Å². The van der Waals surface area contributed by atoms with Crippen molar-refractivity contribution < 1.29 is 9.18 Å². The summed E-state index contributed by atoms with van der Waals surface area (Å²) in [4.78, 5) is 15.2. The van der Waals surface area contributed by atoms with Crippen LogP contribution >= 0.6 is 0 Å². The van der Waals surface area contributed by atoms with Gasteiger partial charge in [0.2, 0.25) is 0 Å². The van der Waals surface area contributed by atoms with E-state index >= 15 is 0 Å². The van der Waals surface area contributed by atoms with Crippen molar-refractivity contribution >= 4 is 16.7 Å². The largest absolute Gasteiger partial charge is 0.358 e. The number of carbonyl (C=O) groups excluding carboxylic acids is 1. The molecular weight excluding hydrogens is 231 g/mol. The van der Waals surface area contributed by atoms with Gasteiger partial charge in [0.25, 0.3) is 0 Å². The van der Waals surface area contributed by atoms with Crippen LogP contribution in [0.25, 0.3) is 10.9 Å².